The molecule has 6 heteroatoms. The van der Waals surface area contributed by atoms with Gasteiger partial charge in [-0.05, 0) is 11.6 Å². The second kappa shape index (κ2) is 4.70. The summed E-state index contributed by atoms with van der Waals surface area (Å²) in [6.45, 7) is 1.35. The zero-order valence-corrected chi connectivity index (χ0v) is 10.2. The first-order valence-electron chi connectivity index (χ1n) is 5.73. The van der Waals surface area contributed by atoms with Gasteiger partial charge in [-0.1, -0.05) is 18.2 Å². The predicted molar refractivity (Wildman–Crippen MR) is 65.8 cm³/mol. The Bertz CT molecular complexity index is 616. The van der Waals surface area contributed by atoms with E-state index < -0.39 is 18.6 Å². The first-order valence-corrected chi connectivity index (χ1v) is 5.73. The van der Waals surface area contributed by atoms with Crippen molar-refractivity contribution in [2.45, 2.75) is 25.6 Å². The summed E-state index contributed by atoms with van der Waals surface area (Å²) in [5.41, 5.74) is 6.52. The maximum atomic E-state index is 12.4. The van der Waals surface area contributed by atoms with Crippen molar-refractivity contribution in [3.05, 3.63) is 36.0 Å². The summed E-state index contributed by atoms with van der Waals surface area (Å²) in [6.07, 6.45) is -4.05. The van der Waals surface area contributed by atoms with Gasteiger partial charge in [0.15, 0.2) is 0 Å². The molecule has 0 bridgehead atoms. The number of carbonyl (C=O) groups is 1. The number of aromatic nitrogens is 1. The molecule has 102 valence electrons. The van der Waals surface area contributed by atoms with Crippen LogP contribution in [0.3, 0.4) is 0 Å². The maximum absolute atomic E-state index is 12.4. The number of carbonyl (C=O) groups excluding carboxylic acids is 1. The molecule has 0 amide bonds. The summed E-state index contributed by atoms with van der Waals surface area (Å²) in [4.78, 5) is 11.5. The van der Waals surface area contributed by atoms with Crippen LogP contribution < -0.4 is 5.73 Å². The van der Waals surface area contributed by atoms with E-state index in [1.165, 1.54) is 17.7 Å². The fourth-order valence-electron chi connectivity index (χ4n) is 2.12. The summed E-state index contributed by atoms with van der Waals surface area (Å²) in [6, 6.07) is 5.60. The van der Waals surface area contributed by atoms with E-state index in [9.17, 15) is 18.0 Å². The SMILES string of the molecule is CC(=O)n1cc([C@H](N)CC(F)(F)F)c2ccccc21. The molecule has 0 unspecified atom stereocenters. The number of hydrogen-bond donors (Lipinski definition) is 1. The number of rotatable bonds is 2. The van der Waals surface area contributed by atoms with Crippen molar-refractivity contribution in [1.29, 1.82) is 0 Å². The molecule has 0 saturated carbocycles. The molecule has 3 nitrogen and oxygen atoms in total. The van der Waals surface area contributed by atoms with Gasteiger partial charge in [-0.15, -0.1) is 0 Å². The topological polar surface area (TPSA) is 48.0 Å². The quantitative estimate of drug-likeness (QED) is 0.910. The highest BCUT2D eigenvalue weighted by Gasteiger charge is 2.32. The zero-order valence-electron chi connectivity index (χ0n) is 10.2. The molecular weight excluding hydrogens is 257 g/mol. The van der Waals surface area contributed by atoms with E-state index in [4.69, 9.17) is 5.73 Å². The third-order valence-corrected chi connectivity index (χ3v) is 2.93. The first-order chi connectivity index (χ1) is 8.79. The molecule has 0 spiro atoms. The number of nitrogens with two attached hydrogens (primary N) is 1. The molecule has 1 heterocycles. The van der Waals surface area contributed by atoms with E-state index in [1.54, 1.807) is 24.3 Å². The van der Waals surface area contributed by atoms with Crippen molar-refractivity contribution >= 4 is 16.8 Å². The molecule has 0 aliphatic rings. The van der Waals surface area contributed by atoms with Crippen molar-refractivity contribution in [2.75, 3.05) is 0 Å². The molecule has 2 aromatic rings. The van der Waals surface area contributed by atoms with Crippen LogP contribution in [0.5, 0.6) is 0 Å². The van der Waals surface area contributed by atoms with E-state index in [1.807, 2.05) is 0 Å². The van der Waals surface area contributed by atoms with Gasteiger partial charge in [-0.3, -0.25) is 9.36 Å². The second-order valence-corrected chi connectivity index (χ2v) is 4.42. The van der Waals surface area contributed by atoms with Gasteiger partial charge in [-0.25, -0.2) is 0 Å². The lowest BCUT2D eigenvalue weighted by atomic mass is 10.0. The number of benzene rings is 1. The lowest BCUT2D eigenvalue weighted by Gasteiger charge is -2.13. The molecule has 0 aliphatic heterocycles. The van der Waals surface area contributed by atoms with Gasteiger partial charge < -0.3 is 5.73 Å². The van der Waals surface area contributed by atoms with Gasteiger partial charge in [0.05, 0.1) is 11.9 Å². The standard InChI is InChI=1S/C13H13F3N2O/c1-8(19)18-7-10(11(17)6-13(14,15)16)9-4-2-3-5-12(9)18/h2-5,7,11H,6,17H2,1H3/t11-/m1/s1. The van der Waals surface area contributed by atoms with E-state index >= 15 is 0 Å². The predicted octanol–water partition coefficient (Wildman–Crippen LogP) is 3.25. The van der Waals surface area contributed by atoms with Crippen LogP contribution in [0.2, 0.25) is 0 Å². The van der Waals surface area contributed by atoms with Crippen molar-refractivity contribution in [2.24, 2.45) is 5.73 Å². The minimum Gasteiger partial charge on any atom is -0.324 e. The Hall–Kier alpha value is -1.82. The molecule has 1 aromatic heterocycles. The van der Waals surface area contributed by atoms with Gasteiger partial charge in [-0.2, -0.15) is 13.2 Å². The summed E-state index contributed by atoms with van der Waals surface area (Å²) < 4.78 is 38.5. The lowest BCUT2D eigenvalue weighted by molar-refractivity contribution is -0.138. The second-order valence-electron chi connectivity index (χ2n) is 4.42. The summed E-state index contributed by atoms with van der Waals surface area (Å²) in [5.74, 6) is -0.262. The molecule has 0 fully saturated rings. The number of alkyl halides is 3. The van der Waals surface area contributed by atoms with Crippen LogP contribution in [-0.2, 0) is 0 Å². The average Bonchev–Trinajstić information content (AvgIpc) is 2.66. The molecule has 0 aliphatic carbocycles. The number of fused-ring (bicyclic) bond motifs is 1. The van der Waals surface area contributed by atoms with Crippen molar-refractivity contribution in [1.82, 2.24) is 4.57 Å². The average molecular weight is 270 g/mol. The fourth-order valence-corrected chi connectivity index (χ4v) is 2.12. The summed E-state index contributed by atoms with van der Waals surface area (Å²) in [7, 11) is 0. The first kappa shape index (κ1) is 13.6. The van der Waals surface area contributed by atoms with Crippen molar-refractivity contribution < 1.29 is 18.0 Å². The van der Waals surface area contributed by atoms with E-state index in [2.05, 4.69) is 0 Å². The largest absolute Gasteiger partial charge is 0.390 e. The highest BCUT2D eigenvalue weighted by atomic mass is 19.4. The number of halogens is 3. The Morgan fingerprint density at radius 1 is 1.37 bits per heavy atom. The Morgan fingerprint density at radius 3 is 2.58 bits per heavy atom. The van der Waals surface area contributed by atoms with Crippen LogP contribution in [0.4, 0.5) is 13.2 Å². The molecule has 0 saturated heterocycles. The van der Waals surface area contributed by atoms with Crippen LogP contribution in [0.25, 0.3) is 10.9 Å². The summed E-state index contributed by atoms with van der Waals surface area (Å²) >= 11 is 0. The van der Waals surface area contributed by atoms with E-state index in [0.29, 0.717) is 16.5 Å². The van der Waals surface area contributed by atoms with Gasteiger partial charge in [0.25, 0.3) is 0 Å². The smallest absolute Gasteiger partial charge is 0.324 e. The zero-order chi connectivity index (χ0) is 14.2. The van der Waals surface area contributed by atoms with E-state index in [-0.39, 0.29) is 5.91 Å². The van der Waals surface area contributed by atoms with Crippen LogP contribution >= 0.6 is 0 Å². The van der Waals surface area contributed by atoms with Crippen LogP contribution in [0, 0.1) is 0 Å². The van der Waals surface area contributed by atoms with Gasteiger partial charge in [0.2, 0.25) is 5.91 Å². The van der Waals surface area contributed by atoms with Gasteiger partial charge >= 0.3 is 6.18 Å². The third kappa shape index (κ3) is 2.78. The highest BCUT2D eigenvalue weighted by Crippen LogP contribution is 2.32. The Balaban J connectivity index is 2.52. The van der Waals surface area contributed by atoms with Crippen molar-refractivity contribution in [3.8, 4) is 0 Å². The van der Waals surface area contributed by atoms with E-state index in [0.717, 1.165) is 0 Å². The lowest BCUT2D eigenvalue weighted by Crippen LogP contribution is -2.20. The normalized spacial score (nSPS) is 13.7. The third-order valence-electron chi connectivity index (χ3n) is 2.93. The van der Waals surface area contributed by atoms with Crippen LogP contribution in [0.15, 0.2) is 30.5 Å². The minimum atomic E-state index is -4.33. The monoisotopic (exact) mass is 270 g/mol. The maximum Gasteiger partial charge on any atom is 0.390 e. The molecule has 0 radical (unpaired) electrons. The summed E-state index contributed by atoms with van der Waals surface area (Å²) in [5, 5.41) is 0.578. The molecule has 2 N–H and O–H groups in total. The Labute approximate surface area is 107 Å². The van der Waals surface area contributed by atoms with Crippen molar-refractivity contribution in [3.63, 3.8) is 0 Å². The highest BCUT2D eigenvalue weighted by molar-refractivity contribution is 5.93. The van der Waals surface area contributed by atoms with Gasteiger partial charge in [0, 0.05) is 24.5 Å². The number of hydrogen-bond acceptors (Lipinski definition) is 2. The van der Waals surface area contributed by atoms with Crippen LogP contribution in [0.1, 0.15) is 29.7 Å². The van der Waals surface area contributed by atoms with Crippen LogP contribution in [-0.4, -0.2) is 16.7 Å². The minimum absolute atomic E-state index is 0.262. The molecule has 1 atom stereocenters. The van der Waals surface area contributed by atoms with Gasteiger partial charge in [0.1, 0.15) is 0 Å². The molecule has 2 rings (SSSR count). The number of para-hydroxylation sites is 1. The molecule has 1 aromatic carbocycles. The number of nitrogens with zero attached hydrogens (tertiary/aromatic N) is 1. The Kier molecular flexibility index (Phi) is 3.36. The molecule has 19 heavy (non-hydrogen) atoms. The Morgan fingerprint density at radius 2 is 2.00 bits per heavy atom. The fraction of sp³-hybridized carbons (Fsp3) is 0.308. The molecular formula is C13H13F3N2O.